The van der Waals surface area contributed by atoms with Crippen LogP contribution >= 0.6 is 23.1 Å². The van der Waals surface area contributed by atoms with Crippen molar-refractivity contribution >= 4 is 39.2 Å². The van der Waals surface area contributed by atoms with E-state index in [9.17, 15) is 4.79 Å². The monoisotopic (exact) mass is 317 g/mol. The molecule has 6 heteroatoms. The van der Waals surface area contributed by atoms with Crippen molar-refractivity contribution in [2.75, 3.05) is 12.3 Å². The van der Waals surface area contributed by atoms with Crippen LogP contribution in [0, 0.1) is 19.3 Å². The molecule has 1 amide bonds. The van der Waals surface area contributed by atoms with Crippen LogP contribution in [-0.2, 0) is 17.6 Å². The average molecular weight is 317 g/mol. The maximum Gasteiger partial charge on any atom is 0.231 e. The number of thiophene rings is 1. The average Bonchev–Trinajstić information content (AvgIpc) is 3.02. The number of nitrogens with zero attached hydrogens (tertiary/aromatic N) is 2. The highest BCUT2D eigenvalue weighted by Crippen LogP contribution is 2.40. The molecule has 1 N–H and O–H groups in total. The molecule has 0 unspecified atom stereocenters. The van der Waals surface area contributed by atoms with Gasteiger partial charge in [-0.05, 0) is 31.7 Å². The maximum atomic E-state index is 11.7. The molecule has 0 spiro atoms. The highest BCUT2D eigenvalue weighted by atomic mass is 32.2. The Kier molecular flexibility index (Phi) is 4.13. The van der Waals surface area contributed by atoms with Gasteiger partial charge in [-0.25, -0.2) is 9.97 Å². The summed E-state index contributed by atoms with van der Waals surface area (Å²) >= 11 is 3.24. The maximum absolute atomic E-state index is 11.7. The molecule has 108 valence electrons. The van der Waals surface area contributed by atoms with Gasteiger partial charge in [-0.1, -0.05) is 17.7 Å². The first kappa shape index (κ1) is 14.4. The van der Waals surface area contributed by atoms with E-state index in [1.807, 2.05) is 6.92 Å². The van der Waals surface area contributed by atoms with Crippen LogP contribution in [0.2, 0.25) is 0 Å². The molecule has 2 aromatic rings. The zero-order valence-electron chi connectivity index (χ0n) is 11.7. The summed E-state index contributed by atoms with van der Waals surface area (Å²) in [6.45, 7) is 2.16. The Morgan fingerprint density at radius 2 is 2.33 bits per heavy atom. The van der Waals surface area contributed by atoms with Crippen molar-refractivity contribution in [2.24, 2.45) is 0 Å². The number of rotatable bonds is 4. The summed E-state index contributed by atoms with van der Waals surface area (Å²) < 4.78 is 0. The molecule has 0 bridgehead atoms. The molecule has 0 saturated carbocycles. The van der Waals surface area contributed by atoms with Crippen molar-refractivity contribution in [1.82, 2.24) is 15.3 Å². The van der Waals surface area contributed by atoms with Gasteiger partial charge in [0.05, 0.1) is 12.3 Å². The van der Waals surface area contributed by atoms with Gasteiger partial charge in [0.2, 0.25) is 5.91 Å². The van der Waals surface area contributed by atoms with Crippen molar-refractivity contribution in [3.63, 3.8) is 0 Å². The van der Waals surface area contributed by atoms with Crippen molar-refractivity contribution in [2.45, 2.75) is 31.2 Å². The molecule has 2 aromatic heterocycles. The molecule has 3 rings (SSSR count). The van der Waals surface area contributed by atoms with Gasteiger partial charge in [0.15, 0.2) is 0 Å². The molecule has 1 aliphatic rings. The molecule has 0 aromatic carbocycles. The van der Waals surface area contributed by atoms with Gasteiger partial charge < -0.3 is 5.32 Å². The molecule has 2 heterocycles. The van der Waals surface area contributed by atoms with Crippen molar-refractivity contribution < 1.29 is 4.79 Å². The Morgan fingerprint density at radius 3 is 3.14 bits per heavy atom. The summed E-state index contributed by atoms with van der Waals surface area (Å²) in [4.78, 5) is 23.3. The van der Waals surface area contributed by atoms with Gasteiger partial charge in [0.25, 0.3) is 0 Å². The van der Waals surface area contributed by atoms with E-state index in [2.05, 4.69) is 21.2 Å². The third kappa shape index (κ3) is 2.89. The van der Waals surface area contributed by atoms with Gasteiger partial charge in [-0.3, -0.25) is 4.79 Å². The van der Waals surface area contributed by atoms with Gasteiger partial charge in [0, 0.05) is 10.3 Å². The Hall–Kier alpha value is -1.58. The van der Waals surface area contributed by atoms with Crippen molar-refractivity contribution in [1.29, 1.82) is 0 Å². The van der Waals surface area contributed by atoms with E-state index in [0.717, 1.165) is 33.9 Å². The lowest BCUT2D eigenvalue weighted by Gasteiger charge is -2.05. The molecule has 4 nitrogen and oxygen atoms in total. The third-order valence-electron chi connectivity index (χ3n) is 3.37. The lowest BCUT2D eigenvalue weighted by atomic mass is 10.2. The summed E-state index contributed by atoms with van der Waals surface area (Å²) in [6, 6.07) is 0. The fourth-order valence-electron chi connectivity index (χ4n) is 2.50. The van der Waals surface area contributed by atoms with E-state index in [4.69, 9.17) is 6.42 Å². The van der Waals surface area contributed by atoms with Gasteiger partial charge in [-0.2, -0.15) is 0 Å². The predicted octanol–water partition coefficient (Wildman–Crippen LogP) is 2.33. The van der Waals surface area contributed by atoms with Gasteiger partial charge in [0.1, 0.15) is 15.7 Å². The van der Waals surface area contributed by atoms with E-state index >= 15 is 0 Å². The van der Waals surface area contributed by atoms with E-state index in [1.165, 1.54) is 28.6 Å². The molecule has 21 heavy (non-hydrogen) atoms. The lowest BCUT2D eigenvalue weighted by Crippen LogP contribution is -2.25. The van der Waals surface area contributed by atoms with Crippen molar-refractivity contribution in [3.8, 4) is 12.3 Å². The van der Waals surface area contributed by atoms with Crippen molar-refractivity contribution in [3.05, 3.63) is 16.3 Å². The summed E-state index contributed by atoms with van der Waals surface area (Å²) in [5, 5.41) is 4.76. The quantitative estimate of drug-likeness (QED) is 0.534. The Balaban J connectivity index is 1.87. The Labute approximate surface area is 131 Å². The number of carbonyl (C=O) groups excluding carboxylic acids is 1. The van der Waals surface area contributed by atoms with Crippen LogP contribution in [0.15, 0.2) is 5.03 Å². The van der Waals surface area contributed by atoms with Crippen LogP contribution in [-0.4, -0.2) is 28.2 Å². The summed E-state index contributed by atoms with van der Waals surface area (Å²) in [7, 11) is 0. The Morgan fingerprint density at radius 1 is 1.48 bits per heavy atom. The van der Waals surface area contributed by atoms with Crippen LogP contribution < -0.4 is 5.32 Å². The summed E-state index contributed by atoms with van der Waals surface area (Å²) in [5.41, 5.74) is 1.39. The molecule has 0 saturated heterocycles. The first-order valence-corrected chi connectivity index (χ1v) is 8.61. The fourth-order valence-corrected chi connectivity index (χ4v) is 4.81. The molecular weight excluding hydrogens is 302 g/mol. The number of aryl methyl sites for hydroxylation is 3. The minimum Gasteiger partial charge on any atom is -0.344 e. The minimum atomic E-state index is -0.0609. The molecule has 0 atom stereocenters. The highest BCUT2D eigenvalue weighted by molar-refractivity contribution is 8.00. The number of fused-ring (bicyclic) bond motifs is 3. The first-order valence-electron chi connectivity index (χ1n) is 6.81. The number of carbonyl (C=O) groups is 1. The van der Waals surface area contributed by atoms with E-state index in [-0.39, 0.29) is 12.5 Å². The SMILES string of the molecule is C#CCNC(=O)CSc1nc(C)nc2sc3c(c12)CCC3. The fraction of sp³-hybridized carbons (Fsp3) is 0.400. The topological polar surface area (TPSA) is 54.9 Å². The van der Waals surface area contributed by atoms with Crippen LogP contribution in [0.5, 0.6) is 0 Å². The standard InChI is InChI=1S/C15H15N3OS2/c1-3-7-16-12(19)8-20-14-13-10-5-4-6-11(10)21-15(13)18-9(2)17-14/h1H,4-8H2,2H3,(H,16,19). The number of nitrogens with one attached hydrogen (secondary N) is 1. The normalized spacial score (nSPS) is 13.1. The van der Waals surface area contributed by atoms with E-state index in [0.29, 0.717) is 5.75 Å². The largest absolute Gasteiger partial charge is 0.344 e. The van der Waals surface area contributed by atoms with E-state index in [1.54, 1.807) is 11.3 Å². The first-order chi connectivity index (χ1) is 10.2. The molecule has 0 fully saturated rings. The van der Waals surface area contributed by atoms with Crippen LogP contribution in [0.1, 0.15) is 22.7 Å². The number of hydrogen-bond donors (Lipinski definition) is 1. The molecule has 0 aliphatic heterocycles. The second-order valence-electron chi connectivity index (χ2n) is 4.88. The smallest absolute Gasteiger partial charge is 0.231 e. The molecular formula is C15H15N3OS2. The van der Waals surface area contributed by atoms with Crippen LogP contribution in [0.3, 0.4) is 0 Å². The number of aromatic nitrogens is 2. The zero-order chi connectivity index (χ0) is 14.8. The third-order valence-corrected chi connectivity index (χ3v) is 5.53. The van der Waals surface area contributed by atoms with E-state index < -0.39 is 0 Å². The number of terminal acetylenes is 1. The van der Waals surface area contributed by atoms with Gasteiger partial charge >= 0.3 is 0 Å². The summed E-state index contributed by atoms with van der Waals surface area (Å²) in [6.07, 6.45) is 8.58. The number of hydrogen-bond acceptors (Lipinski definition) is 5. The lowest BCUT2D eigenvalue weighted by molar-refractivity contribution is -0.118. The Bertz CT molecular complexity index is 745. The predicted molar refractivity (Wildman–Crippen MR) is 86.7 cm³/mol. The number of thioether (sulfide) groups is 1. The van der Waals surface area contributed by atoms with Crippen LogP contribution in [0.4, 0.5) is 0 Å². The van der Waals surface area contributed by atoms with Crippen LogP contribution in [0.25, 0.3) is 10.2 Å². The molecule has 0 radical (unpaired) electrons. The number of amides is 1. The minimum absolute atomic E-state index is 0.0609. The zero-order valence-corrected chi connectivity index (χ0v) is 13.4. The van der Waals surface area contributed by atoms with Gasteiger partial charge in [-0.15, -0.1) is 17.8 Å². The molecule has 1 aliphatic carbocycles. The second-order valence-corrected chi connectivity index (χ2v) is 6.93. The summed E-state index contributed by atoms with van der Waals surface area (Å²) in [5.74, 6) is 3.43. The second kappa shape index (κ2) is 6.04. The highest BCUT2D eigenvalue weighted by Gasteiger charge is 2.22.